The van der Waals surface area contributed by atoms with E-state index >= 15 is 0 Å². The lowest BCUT2D eigenvalue weighted by molar-refractivity contribution is -0.120. The van der Waals surface area contributed by atoms with E-state index in [2.05, 4.69) is 5.32 Å². The summed E-state index contributed by atoms with van der Waals surface area (Å²) in [6.45, 7) is 3.95. The van der Waals surface area contributed by atoms with Crippen molar-refractivity contribution in [1.29, 1.82) is 0 Å². The van der Waals surface area contributed by atoms with E-state index in [9.17, 15) is 18.0 Å². The van der Waals surface area contributed by atoms with Crippen molar-refractivity contribution in [3.8, 4) is 5.69 Å². The van der Waals surface area contributed by atoms with Gasteiger partial charge in [0.2, 0.25) is 15.9 Å². The minimum atomic E-state index is -3.33. The molecule has 2 aromatic rings. The lowest BCUT2D eigenvalue weighted by atomic mass is 9.99. The maximum atomic E-state index is 12.9. The lowest BCUT2D eigenvalue weighted by Gasteiger charge is -2.30. The van der Waals surface area contributed by atoms with Gasteiger partial charge in [-0.1, -0.05) is 18.2 Å². The van der Waals surface area contributed by atoms with Gasteiger partial charge < -0.3 is 5.32 Å². The second kappa shape index (κ2) is 7.92. The number of nitrogens with one attached hydrogen (secondary N) is 1. The molecule has 1 aromatic carbocycles. The molecule has 1 aliphatic rings. The van der Waals surface area contributed by atoms with E-state index in [0.29, 0.717) is 30.8 Å². The van der Waals surface area contributed by atoms with Gasteiger partial charge in [-0.3, -0.25) is 14.3 Å². The number of para-hydroxylation sites is 1. The van der Waals surface area contributed by atoms with Gasteiger partial charge in [0.05, 0.1) is 23.1 Å². The second-order valence-corrected chi connectivity index (χ2v) is 9.28. The maximum Gasteiger partial charge on any atom is 0.295 e. The molecule has 0 spiro atoms. The Morgan fingerprint density at radius 1 is 1.25 bits per heavy atom. The zero-order valence-corrected chi connectivity index (χ0v) is 17.2. The molecule has 1 saturated heterocycles. The Balaban J connectivity index is 1.84. The molecular weight excluding hydrogens is 380 g/mol. The number of hydrogen-bond acceptors (Lipinski definition) is 4. The maximum absolute atomic E-state index is 12.9. The van der Waals surface area contributed by atoms with Crippen LogP contribution in [0.5, 0.6) is 0 Å². The van der Waals surface area contributed by atoms with Crippen molar-refractivity contribution in [3.63, 3.8) is 0 Å². The van der Waals surface area contributed by atoms with Gasteiger partial charge in [0.1, 0.15) is 5.69 Å². The van der Waals surface area contributed by atoms with E-state index in [1.54, 1.807) is 25.6 Å². The predicted molar refractivity (Wildman–Crippen MR) is 108 cm³/mol. The Bertz CT molecular complexity index is 1020. The molecule has 1 fully saturated rings. The van der Waals surface area contributed by atoms with Crippen LogP contribution < -0.4 is 10.9 Å². The zero-order valence-electron chi connectivity index (χ0n) is 16.4. The van der Waals surface area contributed by atoms with Crippen molar-refractivity contribution < 1.29 is 13.2 Å². The highest BCUT2D eigenvalue weighted by molar-refractivity contribution is 7.89. The van der Waals surface area contributed by atoms with Crippen molar-refractivity contribution >= 4 is 21.6 Å². The van der Waals surface area contributed by atoms with Crippen molar-refractivity contribution in [2.75, 3.05) is 24.2 Å². The molecule has 0 unspecified atom stereocenters. The number of amides is 1. The molecule has 1 atom stereocenters. The summed E-state index contributed by atoms with van der Waals surface area (Å²) in [4.78, 5) is 25.7. The second-order valence-electron chi connectivity index (χ2n) is 7.02. The third-order valence-electron chi connectivity index (χ3n) is 5.32. The van der Waals surface area contributed by atoms with Crippen LogP contribution in [0.25, 0.3) is 5.69 Å². The smallest absolute Gasteiger partial charge is 0.295 e. The summed E-state index contributed by atoms with van der Waals surface area (Å²) >= 11 is 0. The van der Waals surface area contributed by atoms with Crippen LogP contribution in [0.15, 0.2) is 35.1 Å². The first-order valence-corrected chi connectivity index (χ1v) is 11.0. The number of rotatable bonds is 5. The highest BCUT2D eigenvalue weighted by atomic mass is 32.2. The van der Waals surface area contributed by atoms with E-state index in [1.165, 1.54) is 8.99 Å². The third kappa shape index (κ3) is 3.77. The first kappa shape index (κ1) is 20.3. The van der Waals surface area contributed by atoms with Gasteiger partial charge in [0, 0.05) is 20.1 Å². The third-order valence-corrected chi connectivity index (χ3v) is 7.16. The number of carbonyl (C=O) groups is 1. The molecule has 9 heteroatoms. The lowest BCUT2D eigenvalue weighted by Crippen LogP contribution is -2.44. The normalized spacial score (nSPS) is 18.2. The Kier molecular flexibility index (Phi) is 5.76. The van der Waals surface area contributed by atoms with E-state index in [-0.39, 0.29) is 29.5 Å². The number of aromatic nitrogens is 2. The van der Waals surface area contributed by atoms with Gasteiger partial charge in [0.25, 0.3) is 5.56 Å². The minimum absolute atomic E-state index is 0.0148. The molecule has 8 nitrogen and oxygen atoms in total. The largest absolute Gasteiger partial charge is 0.320 e. The summed E-state index contributed by atoms with van der Waals surface area (Å²) in [6.07, 6.45) is 1.22. The molecule has 3 rings (SSSR count). The summed E-state index contributed by atoms with van der Waals surface area (Å²) in [6, 6.07) is 9.19. The standard InChI is InChI=1S/C19H26N4O4S/c1-4-28(26,27)22-12-8-9-15(13-22)18(24)20-17-14(2)21(3)23(19(17)25)16-10-6-5-7-11-16/h5-7,10-11,15H,4,8-9,12-13H2,1-3H3,(H,20,24)/t15-/m0/s1. The number of carbonyl (C=O) groups excluding carboxylic acids is 1. The first-order valence-electron chi connectivity index (χ1n) is 9.39. The van der Waals surface area contributed by atoms with Crippen LogP contribution in [0.3, 0.4) is 0 Å². The average Bonchev–Trinajstić information content (AvgIpc) is 2.92. The molecular formula is C19H26N4O4S. The Morgan fingerprint density at radius 3 is 2.57 bits per heavy atom. The molecule has 152 valence electrons. The molecule has 2 heterocycles. The molecule has 28 heavy (non-hydrogen) atoms. The summed E-state index contributed by atoms with van der Waals surface area (Å²) in [7, 11) is -1.57. The number of hydrogen-bond donors (Lipinski definition) is 1. The highest BCUT2D eigenvalue weighted by Gasteiger charge is 2.32. The summed E-state index contributed by atoms with van der Waals surface area (Å²) in [5, 5.41) is 2.75. The SMILES string of the molecule is CCS(=O)(=O)N1CCC[C@H](C(=O)Nc2c(C)n(C)n(-c3ccccc3)c2=O)C1. The summed E-state index contributed by atoms with van der Waals surface area (Å²) in [5.74, 6) is -0.776. The minimum Gasteiger partial charge on any atom is -0.320 e. The van der Waals surface area contributed by atoms with Crippen LogP contribution in [0.2, 0.25) is 0 Å². The van der Waals surface area contributed by atoms with Gasteiger partial charge in [-0.15, -0.1) is 0 Å². The quantitative estimate of drug-likeness (QED) is 0.814. The topological polar surface area (TPSA) is 93.4 Å². The van der Waals surface area contributed by atoms with Gasteiger partial charge in [-0.05, 0) is 38.8 Å². The Hall–Kier alpha value is -2.39. The van der Waals surface area contributed by atoms with Crippen molar-refractivity contribution in [2.45, 2.75) is 26.7 Å². The van der Waals surface area contributed by atoms with E-state index in [4.69, 9.17) is 0 Å². The fourth-order valence-electron chi connectivity index (χ4n) is 3.53. The van der Waals surface area contributed by atoms with Crippen molar-refractivity contribution in [3.05, 3.63) is 46.4 Å². The molecule has 1 amide bonds. The number of piperidine rings is 1. The monoisotopic (exact) mass is 406 g/mol. The van der Waals surface area contributed by atoms with Crippen LogP contribution in [0, 0.1) is 12.8 Å². The van der Waals surface area contributed by atoms with Crippen LogP contribution >= 0.6 is 0 Å². The molecule has 0 bridgehead atoms. The van der Waals surface area contributed by atoms with E-state index in [1.807, 2.05) is 30.3 Å². The molecule has 0 aliphatic carbocycles. The molecule has 1 aromatic heterocycles. The molecule has 1 N–H and O–H groups in total. The number of benzene rings is 1. The van der Waals surface area contributed by atoms with Gasteiger partial charge in [0.15, 0.2) is 0 Å². The fraction of sp³-hybridized carbons (Fsp3) is 0.474. The van der Waals surface area contributed by atoms with Crippen LogP contribution in [-0.2, 0) is 21.9 Å². The van der Waals surface area contributed by atoms with E-state index < -0.39 is 15.9 Å². The molecule has 0 radical (unpaired) electrons. The van der Waals surface area contributed by atoms with Crippen molar-refractivity contribution in [1.82, 2.24) is 13.7 Å². The fourth-order valence-corrected chi connectivity index (χ4v) is 4.71. The highest BCUT2D eigenvalue weighted by Crippen LogP contribution is 2.22. The van der Waals surface area contributed by atoms with Crippen molar-refractivity contribution in [2.24, 2.45) is 13.0 Å². The zero-order chi connectivity index (χ0) is 20.5. The predicted octanol–water partition coefficient (Wildman–Crippen LogP) is 1.48. The first-order chi connectivity index (χ1) is 13.3. The average molecular weight is 407 g/mol. The van der Waals surface area contributed by atoms with Gasteiger partial charge in [-0.2, -0.15) is 0 Å². The summed E-state index contributed by atoms with van der Waals surface area (Å²) < 4.78 is 28.8. The molecule has 0 saturated carbocycles. The van der Waals surface area contributed by atoms with Crippen LogP contribution in [0.1, 0.15) is 25.5 Å². The van der Waals surface area contributed by atoms with Crippen LogP contribution in [-0.4, -0.2) is 46.8 Å². The van der Waals surface area contributed by atoms with Gasteiger partial charge in [-0.25, -0.2) is 17.4 Å². The number of sulfonamides is 1. The molecule has 1 aliphatic heterocycles. The number of nitrogens with zero attached hydrogens (tertiary/aromatic N) is 3. The summed E-state index contributed by atoms with van der Waals surface area (Å²) in [5.41, 5.74) is 1.26. The van der Waals surface area contributed by atoms with Gasteiger partial charge >= 0.3 is 0 Å². The Labute approximate surface area is 164 Å². The Morgan fingerprint density at radius 2 is 1.93 bits per heavy atom. The van der Waals surface area contributed by atoms with Crippen LogP contribution in [0.4, 0.5) is 5.69 Å². The number of anilines is 1. The van der Waals surface area contributed by atoms with E-state index in [0.717, 1.165) is 0 Å².